The van der Waals surface area contributed by atoms with Crippen LogP contribution < -0.4 is 5.46 Å². The summed E-state index contributed by atoms with van der Waals surface area (Å²) in [5.41, 5.74) is 2.30. The van der Waals surface area contributed by atoms with Crippen LogP contribution in [0.1, 0.15) is 26.3 Å². The Morgan fingerprint density at radius 1 is 1.27 bits per heavy atom. The number of hydrogen-bond donors (Lipinski definition) is 0. The smallest absolute Gasteiger partial charge is 0.410 e. The lowest BCUT2D eigenvalue weighted by molar-refractivity contribution is 0.253. The molecule has 0 saturated heterocycles. The molecule has 0 unspecified atom stereocenters. The molecule has 0 amide bonds. The van der Waals surface area contributed by atoms with Crippen LogP contribution >= 0.6 is 0 Å². The maximum atomic E-state index is 5.41. The maximum Gasteiger partial charge on any atom is 0.493 e. The van der Waals surface area contributed by atoms with Gasteiger partial charge in [0, 0.05) is 13.7 Å². The molecule has 0 saturated carbocycles. The highest BCUT2D eigenvalue weighted by Crippen LogP contribution is 1.96. The molecule has 84 valence electrons. The third kappa shape index (κ3) is 5.00. The van der Waals surface area contributed by atoms with E-state index in [0.717, 1.165) is 5.46 Å². The van der Waals surface area contributed by atoms with Crippen molar-refractivity contribution >= 4 is 12.6 Å². The molecule has 15 heavy (non-hydrogen) atoms. The van der Waals surface area contributed by atoms with Crippen LogP contribution in [-0.2, 0) is 9.31 Å². The summed E-state index contributed by atoms with van der Waals surface area (Å²) in [5, 5.41) is 0. The van der Waals surface area contributed by atoms with Crippen LogP contribution in [0, 0.1) is 6.92 Å². The second kappa shape index (κ2) is 8.51. The van der Waals surface area contributed by atoms with Gasteiger partial charge in [0.05, 0.1) is 0 Å². The Labute approximate surface area is 93.7 Å². The highest BCUT2D eigenvalue weighted by molar-refractivity contribution is 6.61. The van der Waals surface area contributed by atoms with Crippen molar-refractivity contribution < 1.29 is 9.31 Å². The fourth-order valence-electron chi connectivity index (χ4n) is 1.27. The molecule has 0 heterocycles. The minimum Gasteiger partial charge on any atom is -0.410 e. The molecule has 2 nitrogen and oxygen atoms in total. The second-order valence-electron chi connectivity index (χ2n) is 2.94. The molecule has 3 heteroatoms. The molecular weight excluding hydrogens is 187 g/mol. The van der Waals surface area contributed by atoms with E-state index in [-0.39, 0.29) is 7.12 Å². The Morgan fingerprint density at radius 3 is 2.40 bits per heavy atom. The zero-order valence-corrected chi connectivity index (χ0v) is 10.4. The first-order valence-corrected chi connectivity index (χ1v) is 5.49. The standard InChI is InChI=1S/C10H15BO2.C2H6/c1-4-13-11(12-3)10-7-5-6-9(2)8-10;1-2/h5-8H,4H2,1-3H3;1-2H3. The van der Waals surface area contributed by atoms with Crippen LogP contribution in [0.3, 0.4) is 0 Å². The topological polar surface area (TPSA) is 18.5 Å². The van der Waals surface area contributed by atoms with Crippen molar-refractivity contribution in [2.45, 2.75) is 27.7 Å². The first kappa shape index (κ1) is 14.2. The monoisotopic (exact) mass is 208 g/mol. The predicted molar refractivity (Wildman–Crippen MR) is 66.6 cm³/mol. The molecule has 0 N–H and O–H groups in total. The summed E-state index contributed by atoms with van der Waals surface area (Å²) in [5.74, 6) is 0. The van der Waals surface area contributed by atoms with Crippen LogP contribution in [0.25, 0.3) is 0 Å². The van der Waals surface area contributed by atoms with Gasteiger partial charge in [0.15, 0.2) is 0 Å². The third-order valence-electron chi connectivity index (χ3n) is 1.85. The minimum atomic E-state index is -0.232. The van der Waals surface area contributed by atoms with Gasteiger partial charge in [0.1, 0.15) is 0 Å². The SMILES string of the molecule is CC.CCOB(OC)c1cccc(C)c1. The lowest BCUT2D eigenvalue weighted by Gasteiger charge is -2.10. The molecule has 0 radical (unpaired) electrons. The Morgan fingerprint density at radius 2 is 1.93 bits per heavy atom. The maximum absolute atomic E-state index is 5.41. The van der Waals surface area contributed by atoms with Gasteiger partial charge in [-0.05, 0) is 19.3 Å². The summed E-state index contributed by atoms with van der Waals surface area (Å²) in [6.45, 7) is 8.68. The summed E-state index contributed by atoms with van der Waals surface area (Å²) < 4.78 is 10.6. The van der Waals surface area contributed by atoms with Gasteiger partial charge < -0.3 is 9.31 Å². The van der Waals surface area contributed by atoms with Crippen molar-refractivity contribution in [1.82, 2.24) is 0 Å². The minimum absolute atomic E-state index is 0.232. The van der Waals surface area contributed by atoms with Gasteiger partial charge in [-0.2, -0.15) is 0 Å². The zero-order chi connectivity index (χ0) is 11.7. The van der Waals surface area contributed by atoms with Crippen LogP contribution in [0.15, 0.2) is 24.3 Å². The Balaban J connectivity index is 0.000000921. The molecule has 1 aromatic carbocycles. The molecule has 1 aromatic rings. The van der Waals surface area contributed by atoms with Gasteiger partial charge in [-0.3, -0.25) is 0 Å². The highest BCUT2D eigenvalue weighted by Gasteiger charge is 2.18. The number of benzene rings is 1. The van der Waals surface area contributed by atoms with Crippen molar-refractivity contribution in [2.75, 3.05) is 13.7 Å². The van der Waals surface area contributed by atoms with Crippen LogP contribution in [0.4, 0.5) is 0 Å². The van der Waals surface area contributed by atoms with E-state index in [1.807, 2.05) is 32.9 Å². The van der Waals surface area contributed by atoms with Crippen LogP contribution in [0.5, 0.6) is 0 Å². The summed E-state index contributed by atoms with van der Waals surface area (Å²) >= 11 is 0. The van der Waals surface area contributed by atoms with E-state index in [2.05, 4.69) is 19.1 Å². The number of aryl methyl sites for hydroxylation is 1. The Kier molecular flexibility index (Phi) is 8.06. The normalized spacial score (nSPS) is 9.13. The lowest BCUT2D eigenvalue weighted by atomic mass is 9.78. The quantitative estimate of drug-likeness (QED) is 0.707. The summed E-state index contributed by atoms with van der Waals surface area (Å²) in [4.78, 5) is 0. The largest absolute Gasteiger partial charge is 0.493 e. The van der Waals surface area contributed by atoms with Gasteiger partial charge in [-0.25, -0.2) is 0 Å². The zero-order valence-electron chi connectivity index (χ0n) is 10.4. The Hall–Kier alpha value is -0.795. The number of rotatable bonds is 4. The average molecular weight is 208 g/mol. The van der Waals surface area contributed by atoms with Gasteiger partial charge in [0.2, 0.25) is 0 Å². The second-order valence-corrected chi connectivity index (χ2v) is 2.94. The van der Waals surface area contributed by atoms with Crippen molar-refractivity contribution in [1.29, 1.82) is 0 Å². The molecule has 0 bridgehead atoms. The van der Waals surface area contributed by atoms with Crippen molar-refractivity contribution in [3.63, 3.8) is 0 Å². The lowest BCUT2D eigenvalue weighted by Crippen LogP contribution is -2.35. The van der Waals surface area contributed by atoms with Gasteiger partial charge >= 0.3 is 7.12 Å². The van der Waals surface area contributed by atoms with E-state index in [9.17, 15) is 0 Å². The van der Waals surface area contributed by atoms with Crippen molar-refractivity contribution in [3.8, 4) is 0 Å². The fourth-order valence-corrected chi connectivity index (χ4v) is 1.27. The first-order chi connectivity index (χ1) is 7.27. The van der Waals surface area contributed by atoms with Crippen molar-refractivity contribution in [3.05, 3.63) is 29.8 Å². The van der Waals surface area contributed by atoms with E-state index in [1.165, 1.54) is 5.56 Å². The molecule has 0 aliphatic heterocycles. The van der Waals surface area contributed by atoms with E-state index in [0.29, 0.717) is 6.61 Å². The summed E-state index contributed by atoms with van der Waals surface area (Å²) in [7, 11) is 1.42. The average Bonchev–Trinajstić information content (AvgIpc) is 2.28. The van der Waals surface area contributed by atoms with Crippen LogP contribution in [-0.4, -0.2) is 20.8 Å². The predicted octanol–water partition coefficient (Wildman–Crippen LogP) is 2.40. The van der Waals surface area contributed by atoms with Gasteiger partial charge in [-0.15, -0.1) is 0 Å². The van der Waals surface area contributed by atoms with E-state index in [1.54, 1.807) is 7.11 Å². The molecule has 0 aliphatic rings. The fraction of sp³-hybridized carbons (Fsp3) is 0.500. The molecule has 0 spiro atoms. The first-order valence-electron chi connectivity index (χ1n) is 5.49. The van der Waals surface area contributed by atoms with Gasteiger partial charge in [0.25, 0.3) is 0 Å². The highest BCUT2D eigenvalue weighted by atomic mass is 16.6. The van der Waals surface area contributed by atoms with Crippen LogP contribution in [0.2, 0.25) is 0 Å². The van der Waals surface area contributed by atoms with E-state index in [4.69, 9.17) is 9.31 Å². The van der Waals surface area contributed by atoms with E-state index < -0.39 is 0 Å². The molecule has 0 atom stereocenters. The van der Waals surface area contributed by atoms with Gasteiger partial charge in [-0.1, -0.05) is 43.7 Å². The Bertz CT molecular complexity index is 264. The van der Waals surface area contributed by atoms with Crippen molar-refractivity contribution in [2.24, 2.45) is 0 Å². The summed E-state index contributed by atoms with van der Waals surface area (Å²) in [6, 6.07) is 8.15. The van der Waals surface area contributed by atoms with E-state index >= 15 is 0 Å². The molecule has 0 aromatic heterocycles. The molecule has 0 fully saturated rings. The molecule has 1 rings (SSSR count). The summed E-state index contributed by atoms with van der Waals surface area (Å²) in [6.07, 6.45) is 0. The number of hydrogen-bond acceptors (Lipinski definition) is 2. The third-order valence-corrected chi connectivity index (χ3v) is 1.85. The molecular formula is C12H21BO2. The molecule has 0 aliphatic carbocycles.